The highest BCUT2D eigenvalue weighted by Crippen LogP contribution is 2.41. The molecule has 0 aliphatic carbocycles. The van der Waals surface area contributed by atoms with Gasteiger partial charge in [0.05, 0.1) is 6.61 Å². The van der Waals surface area contributed by atoms with E-state index in [1.807, 2.05) is 30.3 Å². The molecule has 8 heteroatoms. The lowest BCUT2D eigenvalue weighted by Crippen LogP contribution is -2.51. The normalized spacial score (nSPS) is 30.1. The van der Waals surface area contributed by atoms with Crippen molar-refractivity contribution in [1.82, 2.24) is 4.90 Å². The zero-order valence-electron chi connectivity index (χ0n) is 14.1. The number of carbonyl (C=O) groups is 1. The van der Waals surface area contributed by atoms with Crippen molar-refractivity contribution in [3.63, 3.8) is 0 Å². The summed E-state index contributed by atoms with van der Waals surface area (Å²) in [5.41, 5.74) is 0.896. The van der Waals surface area contributed by atoms with Gasteiger partial charge < -0.3 is 24.1 Å². The number of ether oxygens (including phenoxy) is 4. The van der Waals surface area contributed by atoms with E-state index in [0.29, 0.717) is 0 Å². The highest BCUT2D eigenvalue weighted by Gasteiger charge is 2.56. The van der Waals surface area contributed by atoms with Crippen molar-refractivity contribution in [3.8, 4) is 0 Å². The maximum Gasteiger partial charge on any atom is 0.410 e. The lowest BCUT2D eigenvalue weighted by atomic mass is 10.1. The average molecular weight is 463 g/mol. The second-order valence-electron chi connectivity index (χ2n) is 6.40. The average Bonchev–Trinajstić information content (AvgIpc) is 3.01. The molecule has 2 heterocycles. The number of hydrogen-bond acceptors (Lipinski definition) is 6. The fourth-order valence-corrected chi connectivity index (χ4v) is 4.13. The van der Waals surface area contributed by atoms with Gasteiger partial charge in [0.25, 0.3) is 0 Å². The Bertz CT molecular complexity index is 598. The summed E-state index contributed by atoms with van der Waals surface area (Å²) in [5, 5.41) is 9.40. The predicted molar refractivity (Wildman–Crippen MR) is 96.9 cm³/mol. The van der Waals surface area contributed by atoms with Gasteiger partial charge in [-0.1, -0.05) is 30.3 Å². The van der Waals surface area contributed by atoms with Crippen molar-refractivity contribution in [2.75, 3.05) is 13.2 Å². The number of carbonyl (C=O) groups excluding carboxylic acids is 1. The van der Waals surface area contributed by atoms with E-state index in [-0.39, 0.29) is 23.9 Å². The molecule has 1 amide bonds. The van der Waals surface area contributed by atoms with Crippen LogP contribution in [0.3, 0.4) is 0 Å². The Morgan fingerprint density at radius 3 is 2.72 bits per heavy atom. The summed E-state index contributed by atoms with van der Waals surface area (Å²) in [5.74, 6) is -0.775. The van der Waals surface area contributed by atoms with E-state index >= 15 is 0 Å². The molecule has 3 rings (SSSR count). The maximum atomic E-state index is 12.6. The van der Waals surface area contributed by atoms with Gasteiger partial charge in [-0.05, 0) is 42.0 Å². The third-order valence-electron chi connectivity index (χ3n) is 4.10. The monoisotopic (exact) mass is 463 g/mol. The first-order chi connectivity index (χ1) is 11.9. The van der Waals surface area contributed by atoms with Crippen LogP contribution in [0.5, 0.6) is 0 Å². The maximum absolute atomic E-state index is 12.6. The van der Waals surface area contributed by atoms with Gasteiger partial charge in [-0.2, -0.15) is 0 Å². The van der Waals surface area contributed by atoms with Crippen molar-refractivity contribution in [2.45, 2.75) is 48.8 Å². The molecule has 0 bridgehead atoms. The molecular formula is C17H22INO6. The molecule has 2 saturated heterocycles. The minimum absolute atomic E-state index is 0.133. The van der Waals surface area contributed by atoms with Gasteiger partial charge >= 0.3 is 6.09 Å². The van der Waals surface area contributed by atoms with E-state index in [1.165, 1.54) is 4.90 Å². The topological polar surface area (TPSA) is 77.5 Å². The molecule has 0 unspecified atom stereocenters. The standard InChI is InChI=1S/C17H22INO6/c1-17(2)24-13-12(14(18)23-15(13)25-17)19(8-9-20)16(21)22-10-11-6-4-3-5-7-11/h3-7,12-15,20H,8-10H2,1-2H3/t12-,13-,14+,15-/m0/s1. The van der Waals surface area contributed by atoms with Crippen LogP contribution in [0.25, 0.3) is 0 Å². The molecule has 1 N–H and O–H groups in total. The largest absolute Gasteiger partial charge is 0.445 e. The fraction of sp³-hybridized carbons (Fsp3) is 0.588. The number of aliphatic hydroxyl groups is 1. The van der Waals surface area contributed by atoms with Crippen LogP contribution < -0.4 is 0 Å². The van der Waals surface area contributed by atoms with Gasteiger partial charge in [0.2, 0.25) is 0 Å². The molecule has 25 heavy (non-hydrogen) atoms. The van der Waals surface area contributed by atoms with Crippen LogP contribution >= 0.6 is 22.6 Å². The molecule has 1 aromatic rings. The Morgan fingerprint density at radius 1 is 1.32 bits per heavy atom. The lowest BCUT2D eigenvalue weighted by Gasteiger charge is -2.32. The van der Waals surface area contributed by atoms with E-state index in [9.17, 15) is 9.90 Å². The first-order valence-electron chi connectivity index (χ1n) is 8.14. The lowest BCUT2D eigenvalue weighted by molar-refractivity contribution is -0.199. The summed E-state index contributed by atoms with van der Waals surface area (Å²) in [6.45, 7) is 3.73. The van der Waals surface area contributed by atoms with Gasteiger partial charge in [-0.3, -0.25) is 4.90 Å². The molecule has 2 fully saturated rings. The molecule has 2 aliphatic heterocycles. The van der Waals surface area contributed by atoms with Crippen molar-refractivity contribution < 1.29 is 28.8 Å². The molecule has 0 saturated carbocycles. The Hall–Kier alpha value is -0.940. The SMILES string of the molecule is CC1(C)O[C@@H]2O[C@@H](I)[C@@H](N(CCO)C(=O)OCc3ccccc3)[C@@H]2O1. The second-order valence-corrected chi connectivity index (χ2v) is 7.63. The number of fused-ring (bicyclic) bond motifs is 1. The predicted octanol–water partition coefficient (Wildman–Crippen LogP) is 2.25. The summed E-state index contributed by atoms with van der Waals surface area (Å²) in [6.07, 6.45) is -1.47. The third kappa shape index (κ3) is 4.25. The van der Waals surface area contributed by atoms with Gasteiger partial charge in [0.15, 0.2) is 12.1 Å². The molecule has 0 radical (unpaired) electrons. The summed E-state index contributed by atoms with van der Waals surface area (Å²) < 4.78 is 22.5. The number of halogens is 1. The van der Waals surface area contributed by atoms with Crippen LogP contribution in [0.15, 0.2) is 30.3 Å². The number of hydrogen-bond donors (Lipinski definition) is 1. The van der Waals surface area contributed by atoms with E-state index in [1.54, 1.807) is 13.8 Å². The van der Waals surface area contributed by atoms with E-state index in [4.69, 9.17) is 18.9 Å². The minimum Gasteiger partial charge on any atom is -0.445 e. The molecule has 2 aliphatic rings. The Kier molecular flexibility index (Phi) is 5.84. The minimum atomic E-state index is -0.775. The highest BCUT2D eigenvalue weighted by molar-refractivity contribution is 14.1. The quantitative estimate of drug-likeness (QED) is 0.534. The number of nitrogens with zero attached hydrogens (tertiary/aromatic N) is 1. The number of rotatable bonds is 5. The van der Waals surface area contributed by atoms with Gasteiger partial charge in [-0.15, -0.1) is 0 Å². The van der Waals surface area contributed by atoms with Crippen LogP contribution in [0, 0.1) is 0 Å². The molecule has 1 aromatic carbocycles. The summed E-state index contributed by atoms with van der Waals surface area (Å²) >= 11 is 2.11. The van der Waals surface area contributed by atoms with Gasteiger partial charge in [-0.25, -0.2) is 4.79 Å². The van der Waals surface area contributed by atoms with Crippen molar-refractivity contribution in [1.29, 1.82) is 0 Å². The van der Waals surface area contributed by atoms with E-state index < -0.39 is 30.3 Å². The van der Waals surface area contributed by atoms with Gasteiger partial charge in [0, 0.05) is 6.54 Å². The van der Waals surface area contributed by atoms with Crippen molar-refractivity contribution in [2.24, 2.45) is 0 Å². The fourth-order valence-electron chi connectivity index (χ4n) is 3.04. The van der Waals surface area contributed by atoms with Crippen LogP contribution in [0.4, 0.5) is 4.79 Å². The van der Waals surface area contributed by atoms with Crippen LogP contribution in [-0.4, -0.2) is 57.6 Å². The van der Waals surface area contributed by atoms with Crippen LogP contribution in [0.2, 0.25) is 0 Å². The highest BCUT2D eigenvalue weighted by atomic mass is 127. The van der Waals surface area contributed by atoms with Crippen molar-refractivity contribution >= 4 is 28.7 Å². The Balaban J connectivity index is 1.70. The van der Waals surface area contributed by atoms with Crippen LogP contribution in [-0.2, 0) is 25.6 Å². The Labute approximate surface area is 160 Å². The second kappa shape index (κ2) is 7.75. The zero-order valence-corrected chi connectivity index (χ0v) is 16.3. The first-order valence-corrected chi connectivity index (χ1v) is 9.39. The summed E-state index contributed by atoms with van der Waals surface area (Å²) in [6, 6.07) is 9.04. The molecule has 138 valence electrons. The molecular weight excluding hydrogens is 441 g/mol. The first kappa shape index (κ1) is 18.8. The van der Waals surface area contributed by atoms with E-state index in [0.717, 1.165) is 5.56 Å². The summed E-state index contributed by atoms with van der Waals surface area (Å²) in [7, 11) is 0. The third-order valence-corrected chi connectivity index (χ3v) is 5.13. The number of aliphatic hydroxyl groups excluding tert-OH is 1. The molecule has 4 atom stereocenters. The van der Waals surface area contributed by atoms with E-state index in [2.05, 4.69) is 22.6 Å². The molecule has 0 spiro atoms. The smallest absolute Gasteiger partial charge is 0.410 e. The molecule has 7 nitrogen and oxygen atoms in total. The number of alkyl halides is 1. The Morgan fingerprint density at radius 2 is 2.04 bits per heavy atom. The summed E-state index contributed by atoms with van der Waals surface area (Å²) in [4.78, 5) is 14.1. The van der Waals surface area contributed by atoms with Crippen LogP contribution in [0.1, 0.15) is 19.4 Å². The van der Waals surface area contributed by atoms with Gasteiger partial charge in [0.1, 0.15) is 22.9 Å². The van der Waals surface area contributed by atoms with Crippen molar-refractivity contribution in [3.05, 3.63) is 35.9 Å². The molecule has 0 aromatic heterocycles. The number of amides is 1. The number of benzene rings is 1. The zero-order chi connectivity index (χ0) is 18.0.